The molecule has 1 N–H and O–H groups in total. The van der Waals surface area contributed by atoms with E-state index in [0.717, 1.165) is 12.1 Å². The number of nitrogens with zero attached hydrogens (tertiary/aromatic N) is 2. The highest BCUT2D eigenvalue weighted by atomic mass is 15.2. The van der Waals surface area contributed by atoms with Crippen molar-refractivity contribution in [2.24, 2.45) is 0 Å². The second kappa shape index (κ2) is 7.24. The summed E-state index contributed by atoms with van der Waals surface area (Å²) in [4.78, 5) is 5.24. The molecule has 2 fully saturated rings. The van der Waals surface area contributed by atoms with Gasteiger partial charge in [0.15, 0.2) is 0 Å². The number of rotatable bonds is 3. The van der Waals surface area contributed by atoms with Crippen LogP contribution in [0.15, 0.2) is 0 Å². The van der Waals surface area contributed by atoms with Gasteiger partial charge in [-0.1, -0.05) is 6.92 Å². The zero-order valence-electron chi connectivity index (χ0n) is 14.1. The molecular formula is C17H35N3. The van der Waals surface area contributed by atoms with Gasteiger partial charge in [-0.2, -0.15) is 0 Å². The van der Waals surface area contributed by atoms with Crippen molar-refractivity contribution in [3.05, 3.63) is 0 Å². The van der Waals surface area contributed by atoms with Gasteiger partial charge in [-0.25, -0.2) is 0 Å². The summed E-state index contributed by atoms with van der Waals surface area (Å²) in [5.41, 5.74) is 0.342. The fourth-order valence-electron chi connectivity index (χ4n) is 3.69. The molecule has 2 rings (SSSR count). The number of piperidine rings is 1. The Morgan fingerprint density at radius 2 is 1.50 bits per heavy atom. The lowest BCUT2D eigenvalue weighted by molar-refractivity contribution is 0.0931. The van der Waals surface area contributed by atoms with Crippen molar-refractivity contribution in [3.8, 4) is 0 Å². The van der Waals surface area contributed by atoms with E-state index in [4.69, 9.17) is 0 Å². The van der Waals surface area contributed by atoms with Gasteiger partial charge in [0.05, 0.1) is 0 Å². The molecule has 118 valence electrons. The van der Waals surface area contributed by atoms with Crippen LogP contribution in [0, 0.1) is 0 Å². The SMILES string of the molecule is CCN1CCCC(NC2CCN(C(C)(C)C)CC2)CC1. The number of hydrogen-bond donors (Lipinski definition) is 1. The number of hydrogen-bond acceptors (Lipinski definition) is 3. The van der Waals surface area contributed by atoms with Crippen LogP contribution < -0.4 is 5.32 Å². The zero-order valence-corrected chi connectivity index (χ0v) is 14.1. The normalized spacial score (nSPS) is 28.5. The monoisotopic (exact) mass is 281 g/mol. The Morgan fingerprint density at radius 1 is 0.900 bits per heavy atom. The first-order valence-electron chi connectivity index (χ1n) is 8.72. The lowest BCUT2D eigenvalue weighted by Crippen LogP contribution is -2.51. The zero-order chi connectivity index (χ0) is 14.6. The lowest BCUT2D eigenvalue weighted by Gasteiger charge is -2.41. The molecule has 0 spiro atoms. The van der Waals surface area contributed by atoms with Gasteiger partial charge in [-0.05, 0) is 72.5 Å². The molecule has 3 heteroatoms. The van der Waals surface area contributed by atoms with Gasteiger partial charge in [-0.15, -0.1) is 0 Å². The van der Waals surface area contributed by atoms with Crippen LogP contribution in [0.3, 0.4) is 0 Å². The van der Waals surface area contributed by atoms with Crippen LogP contribution in [0.1, 0.15) is 59.8 Å². The minimum Gasteiger partial charge on any atom is -0.311 e. The fraction of sp³-hybridized carbons (Fsp3) is 1.00. The first kappa shape index (κ1) is 16.3. The van der Waals surface area contributed by atoms with E-state index in [-0.39, 0.29) is 0 Å². The Bertz CT molecular complexity index is 276. The molecule has 0 aromatic heterocycles. The quantitative estimate of drug-likeness (QED) is 0.858. The maximum Gasteiger partial charge on any atom is 0.0125 e. The van der Waals surface area contributed by atoms with E-state index in [2.05, 4.69) is 42.8 Å². The Morgan fingerprint density at radius 3 is 2.10 bits per heavy atom. The molecule has 0 aliphatic carbocycles. The second-order valence-electron chi connectivity index (χ2n) is 7.66. The molecule has 0 aromatic rings. The van der Waals surface area contributed by atoms with Crippen molar-refractivity contribution in [3.63, 3.8) is 0 Å². The van der Waals surface area contributed by atoms with E-state index in [1.54, 1.807) is 0 Å². The highest BCUT2D eigenvalue weighted by Crippen LogP contribution is 2.21. The molecule has 3 nitrogen and oxygen atoms in total. The average Bonchev–Trinajstić information content (AvgIpc) is 2.63. The molecule has 0 saturated carbocycles. The van der Waals surface area contributed by atoms with Crippen molar-refractivity contribution in [1.29, 1.82) is 0 Å². The third-order valence-electron chi connectivity index (χ3n) is 5.18. The minimum absolute atomic E-state index is 0.342. The molecule has 2 heterocycles. The molecule has 2 aliphatic heterocycles. The Kier molecular flexibility index (Phi) is 5.88. The van der Waals surface area contributed by atoms with E-state index < -0.39 is 0 Å². The van der Waals surface area contributed by atoms with Crippen LogP contribution in [-0.4, -0.2) is 60.1 Å². The lowest BCUT2D eigenvalue weighted by atomic mass is 9.97. The van der Waals surface area contributed by atoms with Gasteiger partial charge in [0.2, 0.25) is 0 Å². The van der Waals surface area contributed by atoms with Gasteiger partial charge in [0.25, 0.3) is 0 Å². The average molecular weight is 281 g/mol. The smallest absolute Gasteiger partial charge is 0.0125 e. The first-order chi connectivity index (χ1) is 9.49. The van der Waals surface area contributed by atoms with E-state index >= 15 is 0 Å². The molecule has 0 radical (unpaired) electrons. The Hall–Kier alpha value is -0.120. The largest absolute Gasteiger partial charge is 0.311 e. The summed E-state index contributed by atoms with van der Waals surface area (Å²) >= 11 is 0. The molecule has 0 bridgehead atoms. The topological polar surface area (TPSA) is 18.5 Å². The van der Waals surface area contributed by atoms with Gasteiger partial charge < -0.3 is 10.2 Å². The molecular weight excluding hydrogens is 246 g/mol. The Labute approximate surface area is 126 Å². The maximum absolute atomic E-state index is 3.96. The van der Waals surface area contributed by atoms with Crippen molar-refractivity contribution in [2.45, 2.75) is 77.4 Å². The van der Waals surface area contributed by atoms with E-state index in [1.165, 1.54) is 64.8 Å². The van der Waals surface area contributed by atoms with Crippen LogP contribution >= 0.6 is 0 Å². The van der Waals surface area contributed by atoms with E-state index in [1.807, 2.05) is 0 Å². The van der Waals surface area contributed by atoms with Crippen LogP contribution in [0.2, 0.25) is 0 Å². The highest BCUT2D eigenvalue weighted by Gasteiger charge is 2.28. The molecule has 1 atom stereocenters. The predicted octanol–water partition coefficient (Wildman–Crippen LogP) is 2.71. The minimum atomic E-state index is 0.342. The number of likely N-dealkylation sites (tertiary alicyclic amines) is 2. The molecule has 0 aromatic carbocycles. The van der Waals surface area contributed by atoms with E-state index in [9.17, 15) is 0 Å². The van der Waals surface area contributed by atoms with Gasteiger partial charge in [-0.3, -0.25) is 4.90 Å². The highest BCUT2D eigenvalue weighted by molar-refractivity contribution is 4.86. The van der Waals surface area contributed by atoms with E-state index in [0.29, 0.717) is 5.54 Å². The third-order valence-corrected chi connectivity index (χ3v) is 5.18. The van der Waals surface area contributed by atoms with Crippen LogP contribution in [-0.2, 0) is 0 Å². The van der Waals surface area contributed by atoms with Gasteiger partial charge >= 0.3 is 0 Å². The van der Waals surface area contributed by atoms with Crippen LogP contribution in [0.25, 0.3) is 0 Å². The fourth-order valence-corrected chi connectivity index (χ4v) is 3.69. The standard InChI is InChI=1S/C17H35N3/c1-5-19-11-6-7-15(8-12-19)18-16-9-13-20(14-10-16)17(2,3)4/h15-16,18H,5-14H2,1-4H3. The van der Waals surface area contributed by atoms with Crippen LogP contribution in [0.5, 0.6) is 0 Å². The summed E-state index contributed by atoms with van der Waals surface area (Å²) in [6.07, 6.45) is 6.73. The van der Waals surface area contributed by atoms with Gasteiger partial charge in [0.1, 0.15) is 0 Å². The Balaban J connectivity index is 1.72. The molecule has 2 aliphatic rings. The number of nitrogens with one attached hydrogen (secondary N) is 1. The second-order valence-corrected chi connectivity index (χ2v) is 7.66. The van der Waals surface area contributed by atoms with Crippen molar-refractivity contribution in [1.82, 2.24) is 15.1 Å². The summed E-state index contributed by atoms with van der Waals surface area (Å²) in [6, 6.07) is 1.52. The third kappa shape index (κ3) is 4.71. The summed E-state index contributed by atoms with van der Waals surface area (Å²) in [7, 11) is 0. The molecule has 2 saturated heterocycles. The molecule has 0 amide bonds. The molecule has 1 unspecified atom stereocenters. The van der Waals surface area contributed by atoms with Crippen molar-refractivity contribution >= 4 is 0 Å². The summed E-state index contributed by atoms with van der Waals surface area (Å²) in [6.45, 7) is 15.6. The summed E-state index contributed by atoms with van der Waals surface area (Å²) in [5, 5.41) is 3.96. The molecule has 20 heavy (non-hydrogen) atoms. The summed E-state index contributed by atoms with van der Waals surface area (Å²) in [5.74, 6) is 0. The summed E-state index contributed by atoms with van der Waals surface area (Å²) < 4.78 is 0. The predicted molar refractivity (Wildman–Crippen MR) is 87.2 cm³/mol. The maximum atomic E-state index is 3.96. The van der Waals surface area contributed by atoms with Crippen molar-refractivity contribution in [2.75, 3.05) is 32.7 Å². The first-order valence-corrected chi connectivity index (χ1v) is 8.72. The van der Waals surface area contributed by atoms with Gasteiger partial charge in [0, 0.05) is 30.7 Å². The van der Waals surface area contributed by atoms with Crippen molar-refractivity contribution < 1.29 is 0 Å². The van der Waals surface area contributed by atoms with Crippen LogP contribution in [0.4, 0.5) is 0 Å².